The third kappa shape index (κ3) is 3.78. The molecule has 2 heterocycles. The Hall–Kier alpha value is -1.06. The van der Waals surface area contributed by atoms with Crippen LogP contribution in [0.15, 0.2) is 24.3 Å². The van der Waals surface area contributed by atoms with Gasteiger partial charge in [-0.1, -0.05) is 31.5 Å². The van der Waals surface area contributed by atoms with E-state index >= 15 is 0 Å². The van der Waals surface area contributed by atoms with Gasteiger partial charge in [0.25, 0.3) is 0 Å². The Morgan fingerprint density at radius 2 is 2.05 bits per heavy atom. The number of para-hydroxylation sites is 1. The van der Waals surface area contributed by atoms with Gasteiger partial charge in [0.2, 0.25) is 0 Å². The van der Waals surface area contributed by atoms with Crippen LogP contribution in [0.25, 0.3) is 0 Å². The van der Waals surface area contributed by atoms with Crippen LogP contribution in [-0.2, 0) is 11.3 Å². The molecule has 3 heteroatoms. The van der Waals surface area contributed by atoms with E-state index in [1.165, 1.54) is 43.5 Å². The third-order valence-corrected chi connectivity index (χ3v) is 4.81. The van der Waals surface area contributed by atoms with Crippen LogP contribution < -0.4 is 10.2 Å². The fourth-order valence-electron chi connectivity index (χ4n) is 3.61. The maximum absolute atomic E-state index is 5.51. The average molecular weight is 288 g/mol. The number of fused-ring (bicyclic) bond motifs is 1. The lowest BCUT2D eigenvalue weighted by molar-refractivity contribution is 0.0681. The molecule has 0 spiro atoms. The van der Waals surface area contributed by atoms with Crippen molar-refractivity contribution < 1.29 is 4.74 Å². The highest BCUT2D eigenvalue weighted by molar-refractivity contribution is 5.54. The van der Waals surface area contributed by atoms with Gasteiger partial charge in [-0.2, -0.15) is 0 Å². The summed E-state index contributed by atoms with van der Waals surface area (Å²) >= 11 is 0. The van der Waals surface area contributed by atoms with E-state index < -0.39 is 0 Å². The van der Waals surface area contributed by atoms with Gasteiger partial charge in [-0.25, -0.2) is 0 Å². The molecule has 0 radical (unpaired) electrons. The van der Waals surface area contributed by atoms with Gasteiger partial charge in [0.15, 0.2) is 0 Å². The van der Waals surface area contributed by atoms with Gasteiger partial charge in [0.1, 0.15) is 0 Å². The first-order valence-electron chi connectivity index (χ1n) is 8.50. The maximum Gasteiger partial charge on any atom is 0.0469 e. The number of hydrogen-bond donors (Lipinski definition) is 1. The molecule has 1 atom stereocenters. The minimum atomic E-state index is 0.613. The maximum atomic E-state index is 5.51. The van der Waals surface area contributed by atoms with Crippen LogP contribution in [0.2, 0.25) is 0 Å². The van der Waals surface area contributed by atoms with Crippen molar-refractivity contribution in [3.63, 3.8) is 0 Å². The molecule has 1 aromatic carbocycles. The Balaban J connectivity index is 1.76. The minimum absolute atomic E-state index is 0.613. The van der Waals surface area contributed by atoms with Gasteiger partial charge in [0, 0.05) is 44.6 Å². The standard InChI is InChI=1S/C18H28N2O/c1-2-5-17-14-20(13-15-8-10-21-11-9-15)18-7-4-3-6-16(18)12-19-17/h3-4,6-7,15,17,19H,2,5,8-14H2,1H3. The molecule has 1 N–H and O–H groups in total. The molecule has 0 bridgehead atoms. The summed E-state index contributed by atoms with van der Waals surface area (Å²) in [4.78, 5) is 2.63. The van der Waals surface area contributed by atoms with Crippen molar-refractivity contribution in [3.05, 3.63) is 29.8 Å². The lowest BCUT2D eigenvalue weighted by Crippen LogP contribution is -2.41. The molecule has 0 aliphatic carbocycles. The number of anilines is 1. The number of nitrogens with zero attached hydrogens (tertiary/aromatic N) is 1. The molecule has 3 rings (SSSR count). The zero-order chi connectivity index (χ0) is 14.5. The van der Waals surface area contributed by atoms with Crippen LogP contribution in [-0.4, -0.2) is 32.3 Å². The Kier molecular flexibility index (Phi) is 5.15. The Bertz CT molecular complexity index is 443. The second-order valence-electron chi connectivity index (χ2n) is 6.46. The van der Waals surface area contributed by atoms with E-state index in [0.717, 1.165) is 32.2 Å². The van der Waals surface area contributed by atoms with E-state index in [2.05, 4.69) is 41.4 Å². The van der Waals surface area contributed by atoms with Crippen molar-refractivity contribution in [2.75, 3.05) is 31.2 Å². The number of ether oxygens (including phenoxy) is 1. The fourth-order valence-corrected chi connectivity index (χ4v) is 3.61. The van der Waals surface area contributed by atoms with Crippen LogP contribution in [0.3, 0.4) is 0 Å². The Morgan fingerprint density at radius 1 is 1.24 bits per heavy atom. The van der Waals surface area contributed by atoms with E-state index in [1.54, 1.807) is 0 Å². The molecule has 1 saturated heterocycles. The van der Waals surface area contributed by atoms with Gasteiger partial charge in [-0.15, -0.1) is 0 Å². The van der Waals surface area contributed by atoms with Crippen molar-refractivity contribution in [1.82, 2.24) is 5.32 Å². The predicted octanol–water partition coefficient (Wildman–Crippen LogP) is 3.19. The summed E-state index contributed by atoms with van der Waals surface area (Å²) in [7, 11) is 0. The highest BCUT2D eigenvalue weighted by Crippen LogP contribution is 2.27. The van der Waals surface area contributed by atoms with Crippen molar-refractivity contribution in [1.29, 1.82) is 0 Å². The van der Waals surface area contributed by atoms with Gasteiger partial charge >= 0.3 is 0 Å². The predicted molar refractivity (Wildman–Crippen MR) is 87.7 cm³/mol. The summed E-state index contributed by atoms with van der Waals surface area (Å²) in [5.41, 5.74) is 2.89. The normalized spacial score (nSPS) is 23.7. The Labute approximate surface area is 128 Å². The molecule has 116 valence electrons. The van der Waals surface area contributed by atoms with Crippen LogP contribution in [0.1, 0.15) is 38.2 Å². The first-order chi connectivity index (χ1) is 10.4. The summed E-state index contributed by atoms with van der Waals surface area (Å²) in [5, 5.41) is 3.74. The van der Waals surface area contributed by atoms with E-state index in [-0.39, 0.29) is 0 Å². The highest BCUT2D eigenvalue weighted by atomic mass is 16.5. The van der Waals surface area contributed by atoms with Crippen molar-refractivity contribution in [2.24, 2.45) is 5.92 Å². The number of hydrogen-bond acceptors (Lipinski definition) is 3. The van der Waals surface area contributed by atoms with Gasteiger partial charge in [0.05, 0.1) is 0 Å². The number of nitrogens with one attached hydrogen (secondary N) is 1. The van der Waals surface area contributed by atoms with Gasteiger partial charge < -0.3 is 15.0 Å². The number of benzene rings is 1. The molecule has 2 aliphatic rings. The lowest BCUT2D eigenvalue weighted by Gasteiger charge is -2.33. The van der Waals surface area contributed by atoms with Crippen LogP contribution >= 0.6 is 0 Å². The molecule has 0 amide bonds. The van der Waals surface area contributed by atoms with Crippen LogP contribution in [0, 0.1) is 5.92 Å². The molecule has 1 aromatic rings. The molecular weight excluding hydrogens is 260 g/mol. The largest absolute Gasteiger partial charge is 0.381 e. The highest BCUT2D eigenvalue weighted by Gasteiger charge is 2.24. The van der Waals surface area contributed by atoms with E-state index in [9.17, 15) is 0 Å². The number of rotatable bonds is 4. The lowest BCUT2D eigenvalue weighted by atomic mass is 9.98. The molecule has 0 aromatic heterocycles. The summed E-state index contributed by atoms with van der Waals surface area (Å²) in [6.07, 6.45) is 4.94. The molecular formula is C18H28N2O. The van der Waals surface area contributed by atoms with Gasteiger partial charge in [-0.3, -0.25) is 0 Å². The van der Waals surface area contributed by atoms with Crippen molar-refractivity contribution >= 4 is 5.69 Å². The summed E-state index contributed by atoms with van der Waals surface area (Å²) in [6.45, 7) is 7.49. The first-order valence-corrected chi connectivity index (χ1v) is 8.50. The molecule has 2 aliphatic heterocycles. The van der Waals surface area contributed by atoms with Crippen LogP contribution in [0.4, 0.5) is 5.69 Å². The first kappa shape index (κ1) is 14.9. The van der Waals surface area contributed by atoms with Crippen LogP contribution in [0.5, 0.6) is 0 Å². The Morgan fingerprint density at radius 3 is 2.86 bits per heavy atom. The average Bonchev–Trinajstić information content (AvgIpc) is 2.69. The zero-order valence-electron chi connectivity index (χ0n) is 13.2. The van der Waals surface area contributed by atoms with Gasteiger partial charge in [-0.05, 0) is 36.8 Å². The molecule has 3 nitrogen and oxygen atoms in total. The zero-order valence-corrected chi connectivity index (χ0v) is 13.2. The fraction of sp³-hybridized carbons (Fsp3) is 0.667. The molecule has 21 heavy (non-hydrogen) atoms. The third-order valence-electron chi connectivity index (χ3n) is 4.81. The monoisotopic (exact) mass is 288 g/mol. The van der Waals surface area contributed by atoms with E-state index in [0.29, 0.717) is 6.04 Å². The molecule has 1 unspecified atom stereocenters. The van der Waals surface area contributed by atoms with E-state index in [4.69, 9.17) is 4.74 Å². The van der Waals surface area contributed by atoms with E-state index in [1.807, 2.05) is 0 Å². The minimum Gasteiger partial charge on any atom is -0.381 e. The summed E-state index contributed by atoms with van der Waals surface area (Å²) in [6, 6.07) is 9.52. The molecule has 1 fully saturated rings. The smallest absolute Gasteiger partial charge is 0.0469 e. The second kappa shape index (κ2) is 7.28. The van der Waals surface area contributed by atoms with Crippen molar-refractivity contribution in [3.8, 4) is 0 Å². The van der Waals surface area contributed by atoms with Crippen molar-refractivity contribution in [2.45, 2.75) is 45.2 Å². The second-order valence-corrected chi connectivity index (χ2v) is 6.46. The summed E-state index contributed by atoms with van der Waals surface area (Å²) < 4.78 is 5.51. The SMILES string of the molecule is CCCC1CN(CC2CCOCC2)c2ccccc2CN1. The quantitative estimate of drug-likeness (QED) is 0.921. The summed E-state index contributed by atoms with van der Waals surface area (Å²) in [5.74, 6) is 0.784. The molecule has 0 saturated carbocycles. The topological polar surface area (TPSA) is 24.5 Å².